The Balaban J connectivity index is 2.67. The van der Waals surface area contributed by atoms with Gasteiger partial charge in [-0.3, -0.25) is 10.1 Å². The van der Waals surface area contributed by atoms with E-state index in [0.717, 1.165) is 12.8 Å². The lowest BCUT2D eigenvalue weighted by molar-refractivity contribution is -0.383. The third kappa shape index (κ3) is 3.79. The summed E-state index contributed by atoms with van der Waals surface area (Å²) < 4.78 is 0. The molecular weight excluding hydrogens is 240 g/mol. The van der Waals surface area contributed by atoms with Gasteiger partial charge in [-0.2, -0.15) is 0 Å². The van der Waals surface area contributed by atoms with Crippen molar-refractivity contribution in [3.63, 3.8) is 0 Å². The number of nitrogens with zero attached hydrogens (tertiary/aromatic N) is 3. The predicted octanol–water partition coefficient (Wildman–Crippen LogP) is 0.245. The first kappa shape index (κ1) is 14.1. The number of nitro groups is 1. The molecule has 5 N–H and O–H groups in total. The monoisotopic (exact) mass is 256 g/mol. The predicted molar refractivity (Wildman–Crippen MR) is 65.9 cm³/mol. The van der Waals surface area contributed by atoms with E-state index in [-0.39, 0.29) is 23.9 Å². The molecule has 0 aromatic carbocycles. The third-order valence-electron chi connectivity index (χ3n) is 2.27. The summed E-state index contributed by atoms with van der Waals surface area (Å²) in [6, 6.07) is 0. The number of nitrogens with two attached hydrogens (primary N) is 1. The van der Waals surface area contributed by atoms with Crippen molar-refractivity contribution >= 4 is 17.3 Å². The van der Waals surface area contributed by atoms with Crippen molar-refractivity contribution in [1.29, 1.82) is 0 Å². The van der Waals surface area contributed by atoms with Crippen molar-refractivity contribution in [2.24, 2.45) is 5.84 Å². The number of aromatic nitrogens is 2. The zero-order valence-corrected chi connectivity index (χ0v) is 9.80. The van der Waals surface area contributed by atoms with E-state index in [0.29, 0.717) is 13.0 Å². The first-order valence-corrected chi connectivity index (χ1v) is 5.51. The summed E-state index contributed by atoms with van der Waals surface area (Å²) in [6.45, 7) is 0.677. The normalized spacial score (nSPS) is 10.1. The lowest BCUT2D eigenvalue weighted by atomic mass is 10.2. The molecule has 18 heavy (non-hydrogen) atoms. The summed E-state index contributed by atoms with van der Waals surface area (Å²) in [4.78, 5) is 17.8. The molecule has 1 aromatic rings. The number of unbranched alkanes of at least 4 members (excludes halogenated alkanes) is 2. The fourth-order valence-corrected chi connectivity index (χ4v) is 1.41. The second-order valence-corrected chi connectivity index (χ2v) is 3.53. The van der Waals surface area contributed by atoms with Gasteiger partial charge in [-0.25, -0.2) is 15.8 Å². The number of anilines is 2. The molecule has 0 unspecified atom stereocenters. The van der Waals surface area contributed by atoms with Crippen LogP contribution in [0.25, 0.3) is 0 Å². The van der Waals surface area contributed by atoms with Crippen molar-refractivity contribution in [2.75, 3.05) is 23.9 Å². The number of aliphatic hydroxyl groups excluding tert-OH is 1. The molecule has 1 rings (SSSR count). The van der Waals surface area contributed by atoms with E-state index in [2.05, 4.69) is 20.7 Å². The van der Waals surface area contributed by atoms with Crippen LogP contribution >= 0.6 is 0 Å². The van der Waals surface area contributed by atoms with Crippen LogP contribution in [0, 0.1) is 10.1 Å². The Bertz CT molecular complexity index is 400. The van der Waals surface area contributed by atoms with E-state index in [1.54, 1.807) is 0 Å². The molecule has 9 heteroatoms. The number of aliphatic hydroxyl groups is 1. The number of hydrazine groups is 1. The van der Waals surface area contributed by atoms with Crippen LogP contribution < -0.4 is 16.6 Å². The minimum atomic E-state index is -0.592. The minimum Gasteiger partial charge on any atom is -0.396 e. The highest BCUT2D eigenvalue weighted by Gasteiger charge is 2.21. The van der Waals surface area contributed by atoms with Crippen LogP contribution in [0.5, 0.6) is 0 Å². The molecule has 1 aromatic heterocycles. The topological polar surface area (TPSA) is 139 Å². The molecule has 100 valence electrons. The molecule has 0 saturated heterocycles. The van der Waals surface area contributed by atoms with Gasteiger partial charge in [-0.15, -0.1) is 0 Å². The first-order valence-electron chi connectivity index (χ1n) is 5.51. The second-order valence-electron chi connectivity index (χ2n) is 3.53. The fourth-order valence-electron chi connectivity index (χ4n) is 1.41. The molecule has 0 saturated carbocycles. The average molecular weight is 256 g/mol. The minimum absolute atomic E-state index is 0.0344. The SMILES string of the molecule is NNc1ncnc(NCCCCCO)c1[N+](=O)[O-]. The summed E-state index contributed by atoms with van der Waals surface area (Å²) in [6.07, 6.45) is 3.53. The van der Waals surface area contributed by atoms with Gasteiger partial charge < -0.3 is 15.8 Å². The molecule has 0 radical (unpaired) electrons. The lowest BCUT2D eigenvalue weighted by Gasteiger charge is -2.07. The van der Waals surface area contributed by atoms with Gasteiger partial charge in [0.15, 0.2) is 0 Å². The molecule has 0 aliphatic carbocycles. The highest BCUT2D eigenvalue weighted by Crippen LogP contribution is 2.27. The Hall–Kier alpha value is -2.00. The number of nitrogen functional groups attached to an aromatic ring is 1. The van der Waals surface area contributed by atoms with Crippen LogP contribution in [0.4, 0.5) is 17.3 Å². The molecule has 1 heterocycles. The fraction of sp³-hybridized carbons (Fsp3) is 0.556. The van der Waals surface area contributed by atoms with Gasteiger partial charge in [-0.05, 0) is 19.3 Å². The maximum Gasteiger partial charge on any atom is 0.354 e. The van der Waals surface area contributed by atoms with Crippen molar-refractivity contribution < 1.29 is 10.0 Å². The van der Waals surface area contributed by atoms with Gasteiger partial charge in [0.1, 0.15) is 6.33 Å². The lowest BCUT2D eigenvalue weighted by Crippen LogP contribution is -2.14. The Morgan fingerprint density at radius 2 is 2.06 bits per heavy atom. The molecule has 0 aliphatic heterocycles. The van der Waals surface area contributed by atoms with Gasteiger partial charge in [-0.1, -0.05) is 0 Å². The number of rotatable bonds is 8. The Morgan fingerprint density at radius 3 is 2.67 bits per heavy atom. The Morgan fingerprint density at radius 1 is 1.33 bits per heavy atom. The molecule has 0 fully saturated rings. The van der Waals surface area contributed by atoms with Gasteiger partial charge in [0.25, 0.3) is 0 Å². The van der Waals surface area contributed by atoms with Crippen LogP contribution in [-0.2, 0) is 0 Å². The van der Waals surface area contributed by atoms with Gasteiger partial charge in [0.2, 0.25) is 11.6 Å². The average Bonchev–Trinajstić information content (AvgIpc) is 2.37. The van der Waals surface area contributed by atoms with Crippen LogP contribution in [0.15, 0.2) is 6.33 Å². The Kier molecular flexibility index (Phi) is 5.74. The molecule has 0 atom stereocenters. The molecule has 0 aliphatic rings. The Labute approximate surface area is 104 Å². The van der Waals surface area contributed by atoms with E-state index in [1.807, 2.05) is 0 Å². The van der Waals surface area contributed by atoms with Gasteiger partial charge in [0.05, 0.1) is 4.92 Å². The third-order valence-corrected chi connectivity index (χ3v) is 2.27. The maximum absolute atomic E-state index is 10.9. The molecule has 9 nitrogen and oxygen atoms in total. The smallest absolute Gasteiger partial charge is 0.354 e. The van der Waals surface area contributed by atoms with Crippen LogP contribution in [-0.4, -0.2) is 33.1 Å². The summed E-state index contributed by atoms with van der Waals surface area (Å²) >= 11 is 0. The van der Waals surface area contributed by atoms with E-state index < -0.39 is 4.92 Å². The highest BCUT2D eigenvalue weighted by atomic mass is 16.6. The van der Waals surface area contributed by atoms with Crippen molar-refractivity contribution in [2.45, 2.75) is 19.3 Å². The van der Waals surface area contributed by atoms with Crippen molar-refractivity contribution in [1.82, 2.24) is 9.97 Å². The summed E-state index contributed by atoms with van der Waals surface area (Å²) in [7, 11) is 0. The molecular formula is C9H16N6O3. The van der Waals surface area contributed by atoms with E-state index in [1.165, 1.54) is 6.33 Å². The van der Waals surface area contributed by atoms with Crippen LogP contribution in [0.3, 0.4) is 0 Å². The summed E-state index contributed by atoms with van der Waals surface area (Å²) in [5.74, 6) is 5.25. The van der Waals surface area contributed by atoms with Crippen LogP contribution in [0.2, 0.25) is 0 Å². The van der Waals surface area contributed by atoms with Crippen molar-refractivity contribution in [3.05, 3.63) is 16.4 Å². The summed E-state index contributed by atoms with van der Waals surface area (Å²) in [5.41, 5.74) is 1.89. The van der Waals surface area contributed by atoms with Gasteiger partial charge in [0, 0.05) is 13.2 Å². The molecule has 0 bridgehead atoms. The molecule has 0 spiro atoms. The number of hydrogen-bond acceptors (Lipinski definition) is 8. The van der Waals surface area contributed by atoms with E-state index >= 15 is 0 Å². The van der Waals surface area contributed by atoms with E-state index in [9.17, 15) is 10.1 Å². The first-order chi connectivity index (χ1) is 8.70. The maximum atomic E-state index is 10.9. The van der Waals surface area contributed by atoms with Crippen LogP contribution in [0.1, 0.15) is 19.3 Å². The largest absolute Gasteiger partial charge is 0.396 e. The zero-order chi connectivity index (χ0) is 13.4. The van der Waals surface area contributed by atoms with E-state index in [4.69, 9.17) is 10.9 Å². The highest BCUT2D eigenvalue weighted by molar-refractivity contribution is 5.68. The molecule has 0 amide bonds. The number of hydrogen-bond donors (Lipinski definition) is 4. The van der Waals surface area contributed by atoms with Crippen molar-refractivity contribution in [3.8, 4) is 0 Å². The van der Waals surface area contributed by atoms with Gasteiger partial charge >= 0.3 is 5.69 Å². The standard InChI is InChI=1S/C9H16N6O3/c10-14-9-7(15(17)18)8(12-6-13-9)11-4-2-1-3-5-16/h6,16H,1-5,10H2,(H2,11,12,13,14). The number of nitrogens with one attached hydrogen (secondary N) is 2. The summed E-state index contributed by atoms with van der Waals surface area (Å²) in [5, 5.41) is 22.4. The zero-order valence-electron chi connectivity index (χ0n) is 9.80. The second kappa shape index (κ2) is 7.35. The quantitative estimate of drug-likeness (QED) is 0.224.